The van der Waals surface area contributed by atoms with Crippen molar-refractivity contribution in [3.63, 3.8) is 0 Å². The summed E-state index contributed by atoms with van der Waals surface area (Å²) in [6.45, 7) is 2.06. The predicted molar refractivity (Wildman–Crippen MR) is 99.8 cm³/mol. The van der Waals surface area contributed by atoms with Gasteiger partial charge in [-0.1, -0.05) is 39.7 Å². The maximum atomic E-state index is 12.1. The first kappa shape index (κ1) is 15.8. The Morgan fingerprint density at radius 3 is 2.70 bits per heavy atom. The second-order valence-corrected chi connectivity index (χ2v) is 6.93. The van der Waals surface area contributed by atoms with Crippen LogP contribution in [0.4, 0.5) is 0 Å². The summed E-state index contributed by atoms with van der Waals surface area (Å²) in [4.78, 5) is 16.7. The fraction of sp³-hybridized carbons (Fsp3) is 0.0526. The van der Waals surface area contributed by atoms with Crippen molar-refractivity contribution < 1.29 is 4.79 Å². The Balaban J connectivity index is 1.76. The number of halogens is 1. The van der Waals surface area contributed by atoms with Crippen LogP contribution in [-0.2, 0) is 0 Å². The van der Waals surface area contributed by atoms with E-state index in [1.165, 1.54) is 5.56 Å². The van der Waals surface area contributed by atoms with Crippen LogP contribution in [0.5, 0.6) is 0 Å². The molecule has 3 aromatic rings. The average Bonchev–Trinajstić information content (AvgIpc) is 3.02. The van der Waals surface area contributed by atoms with E-state index in [2.05, 4.69) is 40.0 Å². The second kappa shape index (κ2) is 7.02. The number of nitrogens with zero attached hydrogens (tertiary/aromatic N) is 1. The van der Waals surface area contributed by atoms with Crippen LogP contribution < -0.4 is 0 Å². The highest BCUT2D eigenvalue weighted by Crippen LogP contribution is 2.25. The van der Waals surface area contributed by atoms with Gasteiger partial charge in [-0.3, -0.25) is 4.79 Å². The molecule has 0 amide bonds. The molecule has 0 fully saturated rings. The summed E-state index contributed by atoms with van der Waals surface area (Å²) in [5, 5.41) is 2.92. The average molecular weight is 384 g/mol. The number of carbonyl (C=O) groups excluding carboxylic acids is 1. The lowest BCUT2D eigenvalue weighted by atomic mass is 10.1. The Morgan fingerprint density at radius 1 is 1.17 bits per heavy atom. The van der Waals surface area contributed by atoms with Crippen LogP contribution in [0.2, 0.25) is 0 Å². The summed E-state index contributed by atoms with van der Waals surface area (Å²) in [6, 6.07) is 15.6. The highest BCUT2D eigenvalue weighted by molar-refractivity contribution is 9.10. The molecule has 2 aromatic carbocycles. The lowest BCUT2D eigenvalue weighted by Gasteiger charge is -1.97. The number of rotatable bonds is 4. The molecular weight excluding hydrogens is 370 g/mol. The van der Waals surface area contributed by atoms with Crippen LogP contribution in [0.15, 0.2) is 64.5 Å². The van der Waals surface area contributed by atoms with E-state index in [4.69, 9.17) is 0 Å². The van der Waals surface area contributed by atoms with Crippen molar-refractivity contribution in [1.29, 1.82) is 0 Å². The number of aromatic nitrogens is 1. The summed E-state index contributed by atoms with van der Waals surface area (Å²) in [7, 11) is 0. The van der Waals surface area contributed by atoms with Gasteiger partial charge < -0.3 is 0 Å². The zero-order chi connectivity index (χ0) is 16.2. The third kappa shape index (κ3) is 4.03. The molecule has 0 aliphatic carbocycles. The van der Waals surface area contributed by atoms with Gasteiger partial charge in [-0.25, -0.2) is 4.98 Å². The summed E-state index contributed by atoms with van der Waals surface area (Å²) in [5.74, 6) is -0.0254. The van der Waals surface area contributed by atoms with Gasteiger partial charge >= 0.3 is 0 Å². The summed E-state index contributed by atoms with van der Waals surface area (Å²) >= 11 is 4.94. The molecule has 114 valence electrons. The van der Waals surface area contributed by atoms with Gasteiger partial charge in [0.25, 0.3) is 0 Å². The van der Waals surface area contributed by atoms with E-state index in [1.807, 2.05) is 29.6 Å². The van der Waals surface area contributed by atoms with Crippen LogP contribution in [-0.4, -0.2) is 10.8 Å². The third-order valence-corrected chi connectivity index (χ3v) is 4.76. The van der Waals surface area contributed by atoms with E-state index in [0.29, 0.717) is 5.56 Å². The van der Waals surface area contributed by atoms with Crippen molar-refractivity contribution >= 4 is 39.1 Å². The molecule has 0 N–H and O–H groups in total. The molecule has 4 heteroatoms. The number of hydrogen-bond donors (Lipinski definition) is 0. The molecule has 0 aliphatic heterocycles. The number of allylic oxidation sites excluding steroid dienone is 1. The van der Waals surface area contributed by atoms with Crippen LogP contribution in [0.25, 0.3) is 16.6 Å². The largest absolute Gasteiger partial charge is 0.289 e. The molecular formula is C19H14BrNOS. The Bertz CT molecular complexity index is 865. The minimum Gasteiger partial charge on any atom is -0.289 e. The van der Waals surface area contributed by atoms with Crippen molar-refractivity contribution in [3.8, 4) is 10.6 Å². The monoisotopic (exact) mass is 383 g/mol. The Hall–Kier alpha value is -2.04. The highest BCUT2D eigenvalue weighted by Gasteiger charge is 2.05. The summed E-state index contributed by atoms with van der Waals surface area (Å²) < 4.78 is 0.959. The van der Waals surface area contributed by atoms with Crippen molar-refractivity contribution in [1.82, 2.24) is 4.98 Å². The Morgan fingerprint density at radius 2 is 1.96 bits per heavy atom. The van der Waals surface area contributed by atoms with Gasteiger partial charge in [0.15, 0.2) is 5.78 Å². The second-order valence-electron chi connectivity index (χ2n) is 5.15. The number of thiazole rings is 1. The van der Waals surface area contributed by atoms with Crippen LogP contribution in [0.3, 0.4) is 0 Å². The lowest BCUT2D eigenvalue weighted by Crippen LogP contribution is -1.93. The minimum atomic E-state index is -0.0254. The molecule has 0 aliphatic rings. The van der Waals surface area contributed by atoms with Crippen LogP contribution in [0, 0.1) is 6.92 Å². The molecule has 0 unspecified atom stereocenters. The zero-order valence-corrected chi connectivity index (χ0v) is 14.9. The SMILES string of the molecule is Cc1cccc(-c2nc(C=CC(=O)c3ccc(Br)cc3)cs2)c1. The van der Waals surface area contributed by atoms with Crippen LogP contribution in [0.1, 0.15) is 21.6 Å². The molecule has 0 saturated heterocycles. The van der Waals surface area contributed by atoms with Crippen molar-refractivity contribution in [2.45, 2.75) is 6.92 Å². The van der Waals surface area contributed by atoms with Crippen molar-refractivity contribution in [2.24, 2.45) is 0 Å². The predicted octanol–water partition coefficient (Wildman–Crippen LogP) is 5.78. The Kier molecular flexibility index (Phi) is 4.84. The normalized spacial score (nSPS) is 11.0. The molecule has 0 spiro atoms. The molecule has 1 heterocycles. The van der Waals surface area contributed by atoms with E-state index in [9.17, 15) is 4.79 Å². The van der Waals surface area contributed by atoms with E-state index < -0.39 is 0 Å². The smallest absolute Gasteiger partial charge is 0.185 e. The lowest BCUT2D eigenvalue weighted by molar-refractivity contribution is 0.104. The fourth-order valence-corrected chi connectivity index (χ4v) is 3.19. The number of benzene rings is 2. The van der Waals surface area contributed by atoms with Gasteiger partial charge in [-0.2, -0.15) is 0 Å². The zero-order valence-electron chi connectivity index (χ0n) is 12.5. The molecule has 2 nitrogen and oxygen atoms in total. The van der Waals surface area contributed by atoms with E-state index >= 15 is 0 Å². The topological polar surface area (TPSA) is 30.0 Å². The van der Waals surface area contributed by atoms with Gasteiger partial charge in [-0.15, -0.1) is 11.3 Å². The van der Waals surface area contributed by atoms with E-state index in [-0.39, 0.29) is 5.78 Å². The van der Waals surface area contributed by atoms with Crippen molar-refractivity contribution in [2.75, 3.05) is 0 Å². The number of carbonyl (C=O) groups is 1. The third-order valence-electron chi connectivity index (χ3n) is 3.32. The maximum absolute atomic E-state index is 12.1. The maximum Gasteiger partial charge on any atom is 0.185 e. The van der Waals surface area contributed by atoms with Gasteiger partial charge in [0.2, 0.25) is 0 Å². The van der Waals surface area contributed by atoms with Gasteiger partial charge in [-0.05, 0) is 49.4 Å². The molecule has 0 bridgehead atoms. The number of aryl methyl sites for hydroxylation is 1. The van der Waals surface area contributed by atoms with Crippen LogP contribution >= 0.6 is 27.3 Å². The summed E-state index contributed by atoms with van der Waals surface area (Å²) in [6.07, 6.45) is 3.33. The standard InChI is InChI=1S/C19H14BrNOS/c1-13-3-2-4-15(11-13)19-21-17(12-23-19)9-10-18(22)14-5-7-16(20)8-6-14/h2-12H,1H3. The first-order valence-corrected chi connectivity index (χ1v) is 8.79. The van der Waals surface area contributed by atoms with Gasteiger partial charge in [0.1, 0.15) is 5.01 Å². The minimum absolute atomic E-state index is 0.0254. The molecule has 0 atom stereocenters. The van der Waals surface area contributed by atoms with E-state index in [1.54, 1.807) is 35.6 Å². The molecule has 0 saturated carbocycles. The molecule has 3 rings (SSSR count). The van der Waals surface area contributed by atoms with E-state index in [0.717, 1.165) is 20.7 Å². The molecule has 1 aromatic heterocycles. The summed E-state index contributed by atoms with van der Waals surface area (Å²) in [5.41, 5.74) is 3.78. The highest BCUT2D eigenvalue weighted by atomic mass is 79.9. The first-order valence-electron chi connectivity index (χ1n) is 7.12. The van der Waals surface area contributed by atoms with Gasteiger partial charge in [0.05, 0.1) is 5.69 Å². The molecule has 0 radical (unpaired) electrons. The fourth-order valence-electron chi connectivity index (χ4n) is 2.14. The van der Waals surface area contributed by atoms with Crippen molar-refractivity contribution in [3.05, 3.63) is 81.3 Å². The molecule has 23 heavy (non-hydrogen) atoms. The number of hydrogen-bond acceptors (Lipinski definition) is 3. The quantitative estimate of drug-likeness (QED) is 0.422. The Labute approximate surface area is 147 Å². The first-order chi connectivity index (χ1) is 11.1. The van der Waals surface area contributed by atoms with Gasteiger partial charge in [0, 0.05) is 21.0 Å². The number of ketones is 1.